The van der Waals surface area contributed by atoms with Crippen LogP contribution in [0.1, 0.15) is 13.8 Å². The summed E-state index contributed by atoms with van der Waals surface area (Å²) in [6, 6.07) is 0. The van der Waals surface area contributed by atoms with E-state index in [0.29, 0.717) is 12.2 Å². The lowest BCUT2D eigenvalue weighted by molar-refractivity contribution is -0.138. The van der Waals surface area contributed by atoms with Crippen molar-refractivity contribution in [1.82, 2.24) is 0 Å². The van der Waals surface area contributed by atoms with E-state index in [1.807, 2.05) is 0 Å². The lowest BCUT2D eigenvalue weighted by Gasteiger charge is -1.96. The zero-order valence-electron chi connectivity index (χ0n) is 7.03. The molecule has 0 saturated heterocycles. The average molecular weight is 176 g/mol. The second-order valence-corrected chi connectivity index (χ2v) is 1.78. The molecule has 0 fully saturated rings. The SMILES string of the molecule is C=C(C)C(=O)OCC.O=C(O)O. The van der Waals surface area contributed by atoms with Crippen LogP contribution in [0.4, 0.5) is 4.79 Å². The van der Waals surface area contributed by atoms with Crippen molar-refractivity contribution >= 4 is 12.1 Å². The highest BCUT2D eigenvalue weighted by Gasteiger charge is 1.98. The molecule has 2 N–H and O–H groups in total. The van der Waals surface area contributed by atoms with Crippen LogP contribution < -0.4 is 0 Å². The van der Waals surface area contributed by atoms with E-state index in [0.717, 1.165) is 0 Å². The van der Waals surface area contributed by atoms with E-state index < -0.39 is 6.16 Å². The zero-order chi connectivity index (χ0) is 10.1. The molecule has 0 aliphatic heterocycles. The monoisotopic (exact) mass is 176 g/mol. The fourth-order valence-electron chi connectivity index (χ4n) is 0.254. The van der Waals surface area contributed by atoms with Gasteiger partial charge in [-0.05, 0) is 13.8 Å². The standard InChI is InChI=1S/C6H10O2.CH2O3/c1-4-8-6(7)5(2)3;2-1(3)4/h2,4H2,1,3H3;(H2,2,3,4). The molecule has 0 aromatic heterocycles. The summed E-state index contributed by atoms with van der Waals surface area (Å²) in [5.74, 6) is -0.312. The molecular formula is C7H12O5. The van der Waals surface area contributed by atoms with Crippen LogP contribution in [0.15, 0.2) is 12.2 Å². The highest BCUT2D eigenvalue weighted by Crippen LogP contribution is 1.89. The van der Waals surface area contributed by atoms with Crippen molar-refractivity contribution < 1.29 is 24.5 Å². The number of esters is 1. The van der Waals surface area contributed by atoms with Crippen molar-refractivity contribution in [2.24, 2.45) is 0 Å². The summed E-state index contributed by atoms with van der Waals surface area (Å²) in [7, 11) is 0. The Morgan fingerprint density at radius 2 is 1.75 bits per heavy atom. The van der Waals surface area contributed by atoms with Crippen molar-refractivity contribution in [2.75, 3.05) is 6.61 Å². The summed E-state index contributed by atoms with van der Waals surface area (Å²) in [6.45, 7) is 7.21. The maximum absolute atomic E-state index is 10.4. The molecule has 0 heterocycles. The van der Waals surface area contributed by atoms with Gasteiger partial charge in [0, 0.05) is 5.57 Å². The fourth-order valence-corrected chi connectivity index (χ4v) is 0.254. The Kier molecular flexibility index (Phi) is 8.28. The Balaban J connectivity index is 0. The van der Waals surface area contributed by atoms with E-state index in [4.69, 9.17) is 15.0 Å². The Morgan fingerprint density at radius 1 is 1.42 bits per heavy atom. The predicted molar refractivity (Wildman–Crippen MR) is 42.1 cm³/mol. The van der Waals surface area contributed by atoms with Gasteiger partial charge in [-0.15, -0.1) is 0 Å². The maximum atomic E-state index is 10.4. The summed E-state index contributed by atoms with van der Waals surface area (Å²) in [5.41, 5.74) is 0.451. The van der Waals surface area contributed by atoms with E-state index in [-0.39, 0.29) is 5.97 Å². The van der Waals surface area contributed by atoms with E-state index in [9.17, 15) is 4.79 Å². The van der Waals surface area contributed by atoms with Crippen LogP contribution in [-0.2, 0) is 9.53 Å². The molecule has 0 aliphatic carbocycles. The van der Waals surface area contributed by atoms with E-state index in [2.05, 4.69) is 11.3 Å². The van der Waals surface area contributed by atoms with Crippen LogP contribution in [0.3, 0.4) is 0 Å². The number of ether oxygens (including phenoxy) is 1. The quantitative estimate of drug-likeness (QED) is 0.490. The molecular weight excluding hydrogens is 164 g/mol. The Labute approximate surface area is 70.3 Å². The van der Waals surface area contributed by atoms with E-state index in [1.165, 1.54) is 0 Å². The van der Waals surface area contributed by atoms with Gasteiger partial charge in [-0.3, -0.25) is 0 Å². The first-order chi connectivity index (χ1) is 5.41. The molecule has 70 valence electrons. The Morgan fingerprint density at radius 3 is 1.83 bits per heavy atom. The first kappa shape index (κ1) is 13.1. The molecule has 0 radical (unpaired) electrons. The van der Waals surface area contributed by atoms with Gasteiger partial charge in [-0.2, -0.15) is 0 Å². The highest BCUT2D eigenvalue weighted by molar-refractivity contribution is 5.86. The number of hydrogen-bond donors (Lipinski definition) is 2. The minimum absolute atomic E-state index is 0.312. The molecule has 0 atom stereocenters. The number of rotatable bonds is 2. The van der Waals surface area contributed by atoms with Gasteiger partial charge in [0.05, 0.1) is 6.61 Å². The van der Waals surface area contributed by atoms with Crippen molar-refractivity contribution in [2.45, 2.75) is 13.8 Å². The summed E-state index contributed by atoms with van der Waals surface area (Å²) >= 11 is 0. The highest BCUT2D eigenvalue weighted by atomic mass is 16.6. The average Bonchev–Trinajstić information content (AvgIpc) is 1.86. The van der Waals surface area contributed by atoms with Gasteiger partial charge >= 0.3 is 12.1 Å². The van der Waals surface area contributed by atoms with Crippen LogP contribution in [0.5, 0.6) is 0 Å². The van der Waals surface area contributed by atoms with Crippen LogP contribution in [0, 0.1) is 0 Å². The zero-order valence-corrected chi connectivity index (χ0v) is 7.03. The number of carboxylic acid groups (broad SMARTS) is 2. The summed E-state index contributed by atoms with van der Waals surface area (Å²) < 4.78 is 4.56. The summed E-state index contributed by atoms with van der Waals surface area (Å²) in [4.78, 5) is 19.0. The molecule has 0 saturated carbocycles. The second-order valence-electron chi connectivity index (χ2n) is 1.78. The largest absolute Gasteiger partial charge is 0.503 e. The first-order valence-electron chi connectivity index (χ1n) is 3.16. The predicted octanol–water partition coefficient (Wildman–Crippen LogP) is 1.35. The van der Waals surface area contributed by atoms with Gasteiger partial charge < -0.3 is 14.9 Å². The van der Waals surface area contributed by atoms with Gasteiger partial charge in [0.2, 0.25) is 0 Å². The molecule has 0 rings (SSSR count). The van der Waals surface area contributed by atoms with Crippen LogP contribution in [-0.4, -0.2) is 28.9 Å². The fraction of sp³-hybridized carbons (Fsp3) is 0.429. The first-order valence-corrected chi connectivity index (χ1v) is 3.16. The van der Waals surface area contributed by atoms with Crippen LogP contribution in [0.25, 0.3) is 0 Å². The summed E-state index contributed by atoms with van der Waals surface area (Å²) in [5, 5.41) is 13.9. The van der Waals surface area contributed by atoms with Gasteiger partial charge in [-0.25, -0.2) is 9.59 Å². The molecule has 0 aliphatic rings. The molecule has 12 heavy (non-hydrogen) atoms. The normalized spacial score (nSPS) is 7.50. The second kappa shape index (κ2) is 7.59. The molecule has 5 heteroatoms. The maximum Gasteiger partial charge on any atom is 0.503 e. The third-order valence-electron chi connectivity index (χ3n) is 0.624. The number of carbonyl (C=O) groups is 2. The summed E-state index contributed by atoms with van der Waals surface area (Å²) in [6.07, 6.45) is -1.83. The Bertz CT molecular complexity index is 169. The van der Waals surface area contributed by atoms with E-state index in [1.54, 1.807) is 13.8 Å². The third-order valence-corrected chi connectivity index (χ3v) is 0.624. The van der Waals surface area contributed by atoms with Crippen molar-refractivity contribution in [3.63, 3.8) is 0 Å². The van der Waals surface area contributed by atoms with Crippen molar-refractivity contribution in [3.05, 3.63) is 12.2 Å². The lowest BCUT2D eigenvalue weighted by Crippen LogP contribution is -2.03. The lowest BCUT2D eigenvalue weighted by atomic mass is 10.4. The van der Waals surface area contributed by atoms with Gasteiger partial charge in [0.15, 0.2) is 0 Å². The van der Waals surface area contributed by atoms with Crippen LogP contribution in [0.2, 0.25) is 0 Å². The van der Waals surface area contributed by atoms with Gasteiger partial charge in [0.25, 0.3) is 0 Å². The smallest absolute Gasteiger partial charge is 0.463 e. The Hall–Kier alpha value is -1.52. The molecule has 0 unspecified atom stereocenters. The number of hydrogen-bond acceptors (Lipinski definition) is 3. The number of carbonyl (C=O) groups excluding carboxylic acids is 1. The topological polar surface area (TPSA) is 83.8 Å². The van der Waals surface area contributed by atoms with Crippen molar-refractivity contribution in [3.8, 4) is 0 Å². The minimum atomic E-state index is -1.83. The van der Waals surface area contributed by atoms with Crippen molar-refractivity contribution in [1.29, 1.82) is 0 Å². The molecule has 0 aromatic carbocycles. The molecule has 0 bridgehead atoms. The van der Waals surface area contributed by atoms with E-state index >= 15 is 0 Å². The van der Waals surface area contributed by atoms with Gasteiger partial charge in [-0.1, -0.05) is 6.58 Å². The molecule has 0 amide bonds. The minimum Gasteiger partial charge on any atom is -0.463 e. The van der Waals surface area contributed by atoms with Crippen LogP contribution >= 0.6 is 0 Å². The molecule has 5 nitrogen and oxygen atoms in total. The third kappa shape index (κ3) is 15.8. The van der Waals surface area contributed by atoms with Gasteiger partial charge in [0.1, 0.15) is 0 Å². The molecule has 0 aromatic rings. The molecule has 0 spiro atoms.